The maximum Gasteiger partial charge on any atom is 0.134 e. The number of aliphatic imine (C=N–C) groups is 1. The van der Waals surface area contributed by atoms with Crippen LogP contribution in [-0.2, 0) is 4.79 Å². The number of Topliss-reactive ketones (excluding diaryl/α,β-unsaturated/α-hetero) is 1. The van der Waals surface area contributed by atoms with Crippen LogP contribution in [0.25, 0.3) is 0 Å². The Morgan fingerprint density at radius 1 is 1.38 bits per heavy atom. The molecular weight excluding hydrogens is 200 g/mol. The van der Waals surface area contributed by atoms with Gasteiger partial charge in [-0.25, -0.2) is 0 Å². The first-order valence-electron chi connectivity index (χ1n) is 5.41. The molecule has 1 unspecified atom stereocenters. The van der Waals surface area contributed by atoms with Crippen LogP contribution in [0.1, 0.15) is 36.3 Å². The van der Waals surface area contributed by atoms with Crippen molar-refractivity contribution in [1.29, 1.82) is 5.26 Å². The summed E-state index contributed by atoms with van der Waals surface area (Å²) in [7, 11) is 0. The molecule has 1 aliphatic heterocycles. The zero-order valence-electron chi connectivity index (χ0n) is 8.73. The van der Waals surface area contributed by atoms with Crippen molar-refractivity contribution in [3.8, 4) is 6.07 Å². The molecule has 1 aromatic rings. The molecular formula is C13H10N2O. The van der Waals surface area contributed by atoms with Crippen molar-refractivity contribution in [2.24, 2.45) is 4.99 Å². The standard InChI is InChI=1S/C13H10N2O/c14-7-8-1-3-12-10(5-8)11-6-9(16)2-4-13(11)15-12/h1,3,5,11H,2,4,6H2. The van der Waals surface area contributed by atoms with Crippen molar-refractivity contribution in [3.63, 3.8) is 0 Å². The Bertz CT molecular complexity index is 552. The Balaban J connectivity index is 2.08. The number of carbonyl (C=O) groups is 1. The Morgan fingerprint density at radius 2 is 2.25 bits per heavy atom. The van der Waals surface area contributed by atoms with Gasteiger partial charge in [-0.05, 0) is 30.2 Å². The van der Waals surface area contributed by atoms with Gasteiger partial charge in [0.2, 0.25) is 0 Å². The molecule has 1 aromatic carbocycles. The molecule has 78 valence electrons. The van der Waals surface area contributed by atoms with E-state index in [1.54, 1.807) is 6.07 Å². The molecule has 0 saturated heterocycles. The van der Waals surface area contributed by atoms with E-state index in [1.165, 1.54) is 0 Å². The number of rotatable bonds is 0. The summed E-state index contributed by atoms with van der Waals surface area (Å²) in [4.78, 5) is 16.0. The van der Waals surface area contributed by atoms with E-state index in [9.17, 15) is 4.79 Å². The zero-order valence-corrected chi connectivity index (χ0v) is 8.73. The number of hydrogen-bond donors (Lipinski definition) is 0. The smallest absolute Gasteiger partial charge is 0.134 e. The molecule has 1 aliphatic carbocycles. The highest BCUT2D eigenvalue weighted by Crippen LogP contribution is 2.41. The lowest BCUT2D eigenvalue weighted by molar-refractivity contribution is -0.119. The minimum absolute atomic E-state index is 0.143. The highest BCUT2D eigenvalue weighted by molar-refractivity contribution is 6.05. The van der Waals surface area contributed by atoms with Crippen molar-refractivity contribution in [2.75, 3.05) is 0 Å². The second kappa shape index (κ2) is 3.28. The van der Waals surface area contributed by atoms with E-state index >= 15 is 0 Å². The number of fused-ring (bicyclic) bond motifs is 3. The Kier molecular flexibility index (Phi) is 1.90. The summed E-state index contributed by atoms with van der Waals surface area (Å²) >= 11 is 0. The molecule has 16 heavy (non-hydrogen) atoms. The Hall–Kier alpha value is -1.95. The first kappa shape index (κ1) is 9.29. The Labute approximate surface area is 93.4 Å². The third-order valence-electron chi connectivity index (χ3n) is 3.29. The number of nitriles is 1. The topological polar surface area (TPSA) is 53.2 Å². The number of hydrogen-bond acceptors (Lipinski definition) is 3. The van der Waals surface area contributed by atoms with Gasteiger partial charge in [0.15, 0.2) is 0 Å². The van der Waals surface area contributed by atoms with Crippen molar-refractivity contribution in [2.45, 2.75) is 25.2 Å². The monoisotopic (exact) mass is 210 g/mol. The van der Waals surface area contributed by atoms with E-state index in [-0.39, 0.29) is 5.92 Å². The summed E-state index contributed by atoms with van der Waals surface area (Å²) in [5.74, 6) is 0.448. The van der Waals surface area contributed by atoms with Gasteiger partial charge in [0, 0.05) is 24.5 Å². The number of benzene rings is 1. The third kappa shape index (κ3) is 1.27. The minimum Gasteiger partial charge on any atom is -0.300 e. The van der Waals surface area contributed by atoms with Crippen LogP contribution in [-0.4, -0.2) is 11.5 Å². The number of ketones is 1. The Morgan fingerprint density at radius 3 is 3.06 bits per heavy atom. The van der Waals surface area contributed by atoms with Crippen LogP contribution >= 0.6 is 0 Å². The predicted octanol–water partition coefficient (Wildman–Crippen LogP) is 2.48. The fourth-order valence-electron chi connectivity index (χ4n) is 2.47. The normalized spacial score (nSPS) is 22.1. The average molecular weight is 210 g/mol. The summed E-state index contributed by atoms with van der Waals surface area (Å²) in [6.45, 7) is 0. The van der Waals surface area contributed by atoms with E-state index in [4.69, 9.17) is 5.26 Å². The van der Waals surface area contributed by atoms with Crippen LogP contribution in [0.4, 0.5) is 5.69 Å². The molecule has 0 bridgehead atoms. The minimum atomic E-state index is 0.143. The van der Waals surface area contributed by atoms with Gasteiger partial charge in [-0.3, -0.25) is 9.79 Å². The van der Waals surface area contributed by atoms with Gasteiger partial charge in [0.05, 0.1) is 17.3 Å². The quantitative estimate of drug-likeness (QED) is 0.660. The fraction of sp³-hybridized carbons (Fsp3) is 0.308. The molecule has 2 aliphatic rings. The largest absolute Gasteiger partial charge is 0.300 e. The van der Waals surface area contributed by atoms with Gasteiger partial charge in [-0.1, -0.05) is 0 Å². The molecule has 0 amide bonds. The highest BCUT2D eigenvalue weighted by Gasteiger charge is 2.32. The van der Waals surface area contributed by atoms with E-state index < -0.39 is 0 Å². The van der Waals surface area contributed by atoms with Gasteiger partial charge in [0.25, 0.3) is 0 Å². The molecule has 1 heterocycles. The zero-order chi connectivity index (χ0) is 11.1. The molecule has 1 fully saturated rings. The molecule has 0 radical (unpaired) electrons. The summed E-state index contributed by atoms with van der Waals surface area (Å²) in [6.07, 6.45) is 1.95. The van der Waals surface area contributed by atoms with Gasteiger partial charge in [-0.15, -0.1) is 0 Å². The van der Waals surface area contributed by atoms with Crippen LogP contribution < -0.4 is 0 Å². The molecule has 1 atom stereocenters. The van der Waals surface area contributed by atoms with Crippen LogP contribution in [0.2, 0.25) is 0 Å². The lowest BCUT2D eigenvalue weighted by Gasteiger charge is -2.18. The lowest BCUT2D eigenvalue weighted by atomic mass is 9.83. The van der Waals surface area contributed by atoms with Gasteiger partial charge in [-0.2, -0.15) is 5.26 Å². The van der Waals surface area contributed by atoms with Gasteiger partial charge < -0.3 is 0 Å². The van der Waals surface area contributed by atoms with Crippen molar-refractivity contribution >= 4 is 17.2 Å². The number of nitrogens with zero attached hydrogens (tertiary/aromatic N) is 2. The SMILES string of the molecule is N#Cc1ccc2c(c1)C1CC(=O)CCC1=N2. The first-order valence-corrected chi connectivity index (χ1v) is 5.41. The molecule has 0 spiro atoms. The predicted molar refractivity (Wildman–Crippen MR) is 59.9 cm³/mol. The van der Waals surface area contributed by atoms with Gasteiger partial charge >= 0.3 is 0 Å². The maximum absolute atomic E-state index is 11.4. The lowest BCUT2D eigenvalue weighted by Crippen LogP contribution is -2.20. The fourth-order valence-corrected chi connectivity index (χ4v) is 2.47. The van der Waals surface area contributed by atoms with Crippen LogP contribution in [0.15, 0.2) is 23.2 Å². The van der Waals surface area contributed by atoms with Crippen LogP contribution in [0.5, 0.6) is 0 Å². The van der Waals surface area contributed by atoms with Crippen molar-refractivity contribution < 1.29 is 4.79 Å². The van der Waals surface area contributed by atoms with E-state index in [2.05, 4.69) is 11.1 Å². The summed E-state index contributed by atoms with van der Waals surface area (Å²) in [5.41, 5.74) is 3.76. The molecule has 0 aromatic heterocycles. The van der Waals surface area contributed by atoms with Crippen LogP contribution in [0, 0.1) is 11.3 Å². The first-order chi connectivity index (χ1) is 7.78. The second-order valence-corrected chi connectivity index (χ2v) is 4.28. The third-order valence-corrected chi connectivity index (χ3v) is 3.29. The van der Waals surface area contributed by atoms with E-state index in [1.807, 2.05) is 12.1 Å². The maximum atomic E-state index is 11.4. The summed E-state index contributed by atoms with van der Waals surface area (Å²) in [5, 5.41) is 8.86. The van der Waals surface area contributed by atoms with Crippen molar-refractivity contribution in [1.82, 2.24) is 0 Å². The summed E-state index contributed by atoms with van der Waals surface area (Å²) < 4.78 is 0. The second-order valence-electron chi connectivity index (χ2n) is 4.28. The highest BCUT2D eigenvalue weighted by atomic mass is 16.1. The molecule has 1 saturated carbocycles. The van der Waals surface area contributed by atoms with E-state index in [0.717, 1.165) is 23.4 Å². The van der Waals surface area contributed by atoms with Gasteiger partial charge in [0.1, 0.15) is 5.78 Å². The summed E-state index contributed by atoms with van der Waals surface area (Å²) in [6, 6.07) is 7.66. The average Bonchev–Trinajstić information content (AvgIpc) is 2.66. The number of carbonyl (C=O) groups excluding carboxylic acids is 1. The molecule has 3 nitrogen and oxygen atoms in total. The van der Waals surface area contributed by atoms with Crippen molar-refractivity contribution in [3.05, 3.63) is 29.3 Å². The van der Waals surface area contributed by atoms with E-state index in [0.29, 0.717) is 24.2 Å². The molecule has 3 rings (SSSR count). The molecule has 0 N–H and O–H groups in total. The van der Waals surface area contributed by atoms with Crippen LogP contribution in [0.3, 0.4) is 0 Å². The molecule has 3 heteroatoms.